The first-order valence-electron chi connectivity index (χ1n) is 5.03. The minimum atomic E-state index is 0. The Morgan fingerprint density at radius 1 is 1.06 bits per heavy atom. The van der Waals surface area contributed by atoms with Gasteiger partial charge in [-0.15, -0.1) is 0 Å². The average Bonchev–Trinajstić information content (AvgIpc) is 2.29. The van der Waals surface area contributed by atoms with Crippen molar-refractivity contribution in [2.24, 2.45) is 0 Å². The molecule has 1 aromatic heterocycles. The maximum absolute atomic E-state index is 11.0. The van der Waals surface area contributed by atoms with E-state index in [9.17, 15) is 4.79 Å². The van der Waals surface area contributed by atoms with Gasteiger partial charge in [0, 0.05) is 60.6 Å². The summed E-state index contributed by atoms with van der Waals surface area (Å²) in [5, 5.41) is 0. The Morgan fingerprint density at radius 3 is 1.81 bits per heavy atom. The van der Waals surface area contributed by atoms with Crippen LogP contribution in [0.2, 0.25) is 0 Å². The predicted molar refractivity (Wildman–Crippen MR) is 59.5 cm³/mol. The van der Waals surface area contributed by atoms with Gasteiger partial charge in [-0.05, 0) is 18.6 Å². The van der Waals surface area contributed by atoms with Gasteiger partial charge in [-0.2, -0.15) is 0 Å². The number of carbonyl (C=O) groups excluding carboxylic acids is 1. The summed E-state index contributed by atoms with van der Waals surface area (Å²) in [6.07, 6.45) is 4.60. The molecule has 88 valence electrons. The Bertz CT molecular complexity index is 256. The van der Waals surface area contributed by atoms with Crippen molar-refractivity contribution in [2.45, 2.75) is 6.42 Å². The predicted octanol–water partition coefficient (Wildman–Crippen LogP) is 1.45. The zero-order valence-corrected chi connectivity index (χ0v) is 11.7. The number of rotatable bonds is 0. The Morgan fingerprint density at radius 2 is 1.56 bits per heavy atom. The van der Waals surface area contributed by atoms with Crippen LogP contribution in [0.25, 0.3) is 0 Å². The molecule has 1 aromatic rings. The van der Waals surface area contributed by atoms with E-state index in [-0.39, 0.29) is 27.1 Å². The SMILES string of the molecule is CN1CCCN(C)C1=O.[Mo].c1ccncc1. The number of nitrogens with zero attached hydrogens (tertiary/aromatic N) is 3. The third-order valence-electron chi connectivity index (χ3n) is 2.21. The largest absolute Gasteiger partial charge is 0.328 e. The first-order valence-corrected chi connectivity index (χ1v) is 5.03. The molecule has 0 spiro atoms. The van der Waals surface area contributed by atoms with Crippen molar-refractivity contribution >= 4 is 6.03 Å². The van der Waals surface area contributed by atoms with Crippen LogP contribution in [-0.4, -0.2) is 48.0 Å². The van der Waals surface area contributed by atoms with Gasteiger partial charge < -0.3 is 9.80 Å². The van der Waals surface area contributed by atoms with Gasteiger partial charge in [0.1, 0.15) is 0 Å². The fraction of sp³-hybridized carbons (Fsp3) is 0.455. The van der Waals surface area contributed by atoms with Gasteiger partial charge in [0.15, 0.2) is 0 Å². The average molecular weight is 303 g/mol. The summed E-state index contributed by atoms with van der Waals surface area (Å²) in [5.41, 5.74) is 0. The van der Waals surface area contributed by atoms with Crippen molar-refractivity contribution in [2.75, 3.05) is 27.2 Å². The molecule has 2 rings (SSSR count). The van der Waals surface area contributed by atoms with Gasteiger partial charge in [0.25, 0.3) is 0 Å². The molecular weight excluding hydrogens is 286 g/mol. The van der Waals surface area contributed by atoms with Crippen LogP contribution in [0, 0.1) is 0 Å². The van der Waals surface area contributed by atoms with Crippen LogP contribution in [0.5, 0.6) is 0 Å². The van der Waals surface area contributed by atoms with Crippen molar-refractivity contribution in [3.8, 4) is 0 Å². The van der Waals surface area contributed by atoms with Crippen molar-refractivity contribution < 1.29 is 25.9 Å². The molecule has 1 fully saturated rings. The van der Waals surface area contributed by atoms with E-state index >= 15 is 0 Å². The summed E-state index contributed by atoms with van der Waals surface area (Å²) in [6, 6.07) is 5.86. The van der Waals surface area contributed by atoms with Crippen LogP contribution < -0.4 is 0 Å². The maximum atomic E-state index is 11.0. The van der Waals surface area contributed by atoms with E-state index in [1.165, 1.54) is 0 Å². The first kappa shape index (κ1) is 15.1. The third-order valence-corrected chi connectivity index (χ3v) is 2.21. The van der Waals surface area contributed by atoms with Gasteiger partial charge in [-0.25, -0.2) is 4.79 Å². The molecule has 0 aromatic carbocycles. The van der Waals surface area contributed by atoms with Crippen molar-refractivity contribution in [1.82, 2.24) is 14.8 Å². The second-order valence-corrected chi connectivity index (χ2v) is 3.50. The molecule has 0 bridgehead atoms. The standard InChI is InChI=1S/C6H12N2O.C5H5N.Mo/c1-7-4-3-5-8(2)6(7)9;1-2-4-6-5-3-1;/h3-5H2,1-2H3;1-5H;. The van der Waals surface area contributed by atoms with Crippen LogP contribution in [0.3, 0.4) is 0 Å². The summed E-state index contributed by atoms with van der Waals surface area (Å²) in [6.45, 7) is 1.81. The third kappa shape index (κ3) is 5.26. The minimum Gasteiger partial charge on any atom is -0.328 e. The normalized spacial score (nSPS) is 14.8. The molecule has 2 heterocycles. The first-order chi connectivity index (χ1) is 7.22. The molecule has 1 aliphatic heterocycles. The quantitative estimate of drug-likeness (QED) is 0.680. The Labute approximate surface area is 111 Å². The van der Waals surface area contributed by atoms with E-state index in [1.807, 2.05) is 32.3 Å². The molecule has 1 aliphatic rings. The number of carbonyl (C=O) groups is 1. The molecule has 5 heteroatoms. The Balaban J connectivity index is 0.000000283. The topological polar surface area (TPSA) is 36.4 Å². The van der Waals surface area contributed by atoms with Gasteiger partial charge in [-0.1, -0.05) is 6.07 Å². The zero-order valence-electron chi connectivity index (χ0n) is 9.67. The number of aromatic nitrogens is 1. The summed E-state index contributed by atoms with van der Waals surface area (Å²) in [7, 11) is 3.66. The minimum absolute atomic E-state index is 0. The fourth-order valence-corrected chi connectivity index (χ4v) is 1.34. The number of hydrogen-bond donors (Lipinski definition) is 0. The van der Waals surface area contributed by atoms with Gasteiger partial charge in [0.2, 0.25) is 0 Å². The molecule has 1 saturated heterocycles. The monoisotopic (exact) mass is 305 g/mol. The molecule has 0 unspecified atom stereocenters. The molecule has 0 N–H and O–H groups in total. The molecular formula is C11H17MoN3O. The molecule has 0 aliphatic carbocycles. The van der Waals surface area contributed by atoms with E-state index in [4.69, 9.17) is 0 Å². The van der Waals surface area contributed by atoms with Gasteiger partial charge in [-0.3, -0.25) is 4.98 Å². The number of hydrogen-bond acceptors (Lipinski definition) is 2. The summed E-state index contributed by atoms with van der Waals surface area (Å²) < 4.78 is 0. The number of amides is 2. The van der Waals surface area contributed by atoms with Crippen LogP contribution in [0.1, 0.15) is 6.42 Å². The second kappa shape index (κ2) is 8.28. The van der Waals surface area contributed by atoms with Crippen LogP contribution in [0.15, 0.2) is 30.6 Å². The van der Waals surface area contributed by atoms with Crippen LogP contribution >= 0.6 is 0 Å². The number of pyridine rings is 1. The molecule has 2 amide bonds. The Kier molecular flexibility index (Phi) is 7.82. The van der Waals surface area contributed by atoms with Crippen molar-refractivity contribution in [1.29, 1.82) is 0 Å². The van der Waals surface area contributed by atoms with Gasteiger partial charge in [0.05, 0.1) is 0 Å². The van der Waals surface area contributed by atoms with E-state index < -0.39 is 0 Å². The summed E-state index contributed by atoms with van der Waals surface area (Å²) in [4.78, 5) is 18.2. The van der Waals surface area contributed by atoms with E-state index in [1.54, 1.807) is 22.2 Å². The molecule has 0 saturated carbocycles. The Hall–Kier alpha value is -0.892. The molecule has 16 heavy (non-hydrogen) atoms. The van der Waals surface area contributed by atoms with E-state index in [2.05, 4.69) is 4.98 Å². The van der Waals surface area contributed by atoms with E-state index in [0.29, 0.717) is 0 Å². The van der Waals surface area contributed by atoms with Crippen LogP contribution in [-0.2, 0) is 21.1 Å². The number of urea groups is 1. The van der Waals surface area contributed by atoms with Crippen molar-refractivity contribution in [3.05, 3.63) is 30.6 Å². The van der Waals surface area contributed by atoms with Gasteiger partial charge >= 0.3 is 6.03 Å². The van der Waals surface area contributed by atoms with Crippen molar-refractivity contribution in [3.63, 3.8) is 0 Å². The fourth-order valence-electron chi connectivity index (χ4n) is 1.34. The summed E-state index contributed by atoms with van der Waals surface area (Å²) >= 11 is 0. The molecule has 0 atom stereocenters. The molecule has 4 nitrogen and oxygen atoms in total. The summed E-state index contributed by atoms with van der Waals surface area (Å²) in [5.74, 6) is 0. The molecule has 0 radical (unpaired) electrons. The smallest absolute Gasteiger partial charge is 0.319 e. The zero-order chi connectivity index (χ0) is 11.1. The maximum Gasteiger partial charge on any atom is 0.319 e. The van der Waals surface area contributed by atoms with E-state index in [0.717, 1.165) is 19.5 Å². The van der Waals surface area contributed by atoms with Crippen LogP contribution in [0.4, 0.5) is 4.79 Å². The second-order valence-electron chi connectivity index (χ2n) is 3.50.